The molecular weight excluding hydrogens is 357 g/mol. The first-order valence-electron chi connectivity index (χ1n) is 5.95. The molecular formula is C14H18INO3. The zero-order chi connectivity index (χ0) is 14.5. The molecule has 104 valence electrons. The molecule has 0 aliphatic carbocycles. The fraction of sp³-hybridized carbons (Fsp3) is 0.429. The predicted molar refractivity (Wildman–Crippen MR) is 83.6 cm³/mol. The summed E-state index contributed by atoms with van der Waals surface area (Å²) in [6, 6.07) is 7.83. The number of ether oxygens (including phenoxy) is 1. The van der Waals surface area contributed by atoms with Gasteiger partial charge in [-0.1, -0.05) is 12.1 Å². The highest BCUT2D eigenvalue weighted by Gasteiger charge is 2.16. The van der Waals surface area contributed by atoms with Crippen LogP contribution in [0, 0.1) is 3.57 Å². The van der Waals surface area contributed by atoms with Crippen LogP contribution in [0.3, 0.4) is 0 Å². The molecule has 0 heterocycles. The average molecular weight is 375 g/mol. The second kappa shape index (κ2) is 7.00. The van der Waals surface area contributed by atoms with E-state index in [4.69, 9.17) is 4.74 Å². The number of aliphatic imine (C=N–C) groups is 1. The molecule has 0 radical (unpaired) electrons. The molecule has 0 saturated heterocycles. The lowest BCUT2D eigenvalue weighted by molar-refractivity contribution is 0.0603. The number of halogens is 1. The molecule has 4 nitrogen and oxygen atoms in total. The summed E-state index contributed by atoms with van der Waals surface area (Å²) in [4.78, 5) is 15.4. The van der Waals surface area contributed by atoms with Crippen molar-refractivity contribution in [2.24, 2.45) is 4.99 Å². The lowest BCUT2D eigenvalue weighted by Gasteiger charge is -2.17. The van der Waals surface area contributed by atoms with Crippen molar-refractivity contribution in [2.75, 3.05) is 6.61 Å². The first-order chi connectivity index (χ1) is 8.80. The van der Waals surface area contributed by atoms with Crippen LogP contribution >= 0.6 is 22.6 Å². The Morgan fingerprint density at radius 1 is 1.32 bits per heavy atom. The second-order valence-corrected chi connectivity index (χ2v) is 6.37. The second-order valence-electron chi connectivity index (χ2n) is 5.12. The molecule has 0 aliphatic rings. The first-order valence-corrected chi connectivity index (χ1v) is 7.03. The number of nitrogens with zero attached hydrogens (tertiary/aromatic N) is 1. The minimum Gasteiger partial charge on any atom is -0.442 e. The van der Waals surface area contributed by atoms with Gasteiger partial charge in [-0.2, -0.15) is 4.99 Å². The molecule has 0 bridgehead atoms. The molecule has 0 atom stereocenters. The highest BCUT2D eigenvalue weighted by atomic mass is 127. The SMILES string of the molecule is CC(C)(C)OC(=O)/N=C(\CO)Cc1ccc(I)cc1. The van der Waals surface area contributed by atoms with Crippen molar-refractivity contribution in [1.29, 1.82) is 0 Å². The Morgan fingerprint density at radius 3 is 2.37 bits per heavy atom. The van der Waals surface area contributed by atoms with E-state index in [9.17, 15) is 9.90 Å². The number of carbonyl (C=O) groups is 1. The third kappa shape index (κ3) is 6.68. The Bertz CT molecular complexity index is 461. The van der Waals surface area contributed by atoms with E-state index in [2.05, 4.69) is 27.6 Å². The van der Waals surface area contributed by atoms with Gasteiger partial charge in [-0.25, -0.2) is 4.79 Å². The molecule has 0 aliphatic heterocycles. The number of aliphatic hydroxyl groups excluding tert-OH is 1. The summed E-state index contributed by atoms with van der Waals surface area (Å²) in [6.07, 6.45) is -0.228. The molecule has 0 fully saturated rings. The average Bonchev–Trinajstić information content (AvgIpc) is 2.28. The van der Waals surface area contributed by atoms with Crippen molar-refractivity contribution in [3.8, 4) is 0 Å². The van der Waals surface area contributed by atoms with Gasteiger partial charge in [0.25, 0.3) is 0 Å². The number of hydrogen-bond donors (Lipinski definition) is 1. The van der Waals surface area contributed by atoms with Gasteiger partial charge in [0.2, 0.25) is 0 Å². The maximum Gasteiger partial charge on any atom is 0.434 e. The fourth-order valence-corrected chi connectivity index (χ4v) is 1.74. The summed E-state index contributed by atoms with van der Waals surface area (Å²) < 4.78 is 6.22. The third-order valence-corrected chi connectivity index (χ3v) is 2.87. The van der Waals surface area contributed by atoms with Crippen molar-refractivity contribution < 1.29 is 14.6 Å². The minimum absolute atomic E-state index is 0.259. The zero-order valence-electron chi connectivity index (χ0n) is 11.3. The van der Waals surface area contributed by atoms with Gasteiger partial charge in [-0.3, -0.25) is 0 Å². The fourth-order valence-electron chi connectivity index (χ4n) is 1.38. The van der Waals surface area contributed by atoms with Crippen molar-refractivity contribution in [1.82, 2.24) is 0 Å². The number of rotatable bonds is 3. The molecule has 1 rings (SSSR count). The van der Waals surface area contributed by atoms with Gasteiger partial charge in [0, 0.05) is 9.99 Å². The van der Waals surface area contributed by atoms with Gasteiger partial charge in [0.05, 0.1) is 12.3 Å². The topological polar surface area (TPSA) is 58.9 Å². The first kappa shape index (κ1) is 16.1. The number of hydrogen-bond acceptors (Lipinski definition) is 3. The van der Waals surface area contributed by atoms with Crippen LogP contribution in [-0.2, 0) is 11.2 Å². The van der Waals surface area contributed by atoms with Crippen molar-refractivity contribution >= 4 is 34.4 Å². The van der Waals surface area contributed by atoms with E-state index in [-0.39, 0.29) is 6.61 Å². The monoisotopic (exact) mass is 375 g/mol. The summed E-state index contributed by atoms with van der Waals surface area (Å²) in [7, 11) is 0. The van der Waals surface area contributed by atoms with Crippen molar-refractivity contribution in [3.63, 3.8) is 0 Å². The van der Waals surface area contributed by atoms with Crippen LogP contribution < -0.4 is 0 Å². The van der Waals surface area contributed by atoms with Crippen LogP contribution in [0.15, 0.2) is 29.3 Å². The van der Waals surface area contributed by atoms with Gasteiger partial charge < -0.3 is 9.84 Å². The van der Waals surface area contributed by atoms with E-state index in [0.717, 1.165) is 9.13 Å². The van der Waals surface area contributed by atoms with Gasteiger partial charge in [0.15, 0.2) is 0 Å². The van der Waals surface area contributed by atoms with Crippen molar-refractivity contribution in [2.45, 2.75) is 32.8 Å². The van der Waals surface area contributed by atoms with E-state index in [1.807, 2.05) is 24.3 Å². The Hall–Kier alpha value is -0.950. The Labute approximate surface area is 127 Å². The number of aliphatic hydroxyl groups is 1. The van der Waals surface area contributed by atoms with Crippen LogP contribution in [0.1, 0.15) is 26.3 Å². The lowest BCUT2D eigenvalue weighted by atomic mass is 10.1. The van der Waals surface area contributed by atoms with Crippen LogP contribution in [-0.4, -0.2) is 29.1 Å². The Morgan fingerprint density at radius 2 is 1.89 bits per heavy atom. The molecule has 0 unspecified atom stereocenters. The maximum absolute atomic E-state index is 11.6. The molecule has 0 aromatic heterocycles. The van der Waals surface area contributed by atoms with Crippen molar-refractivity contribution in [3.05, 3.63) is 33.4 Å². The van der Waals surface area contributed by atoms with Crippen LogP contribution in [0.5, 0.6) is 0 Å². The molecule has 1 amide bonds. The van der Waals surface area contributed by atoms with E-state index in [1.165, 1.54) is 0 Å². The molecule has 1 aromatic rings. The zero-order valence-corrected chi connectivity index (χ0v) is 13.5. The van der Waals surface area contributed by atoms with E-state index in [1.54, 1.807) is 20.8 Å². The normalized spacial score (nSPS) is 12.4. The van der Waals surface area contributed by atoms with Gasteiger partial charge in [-0.05, 0) is 61.1 Å². The van der Waals surface area contributed by atoms with Gasteiger partial charge in [0.1, 0.15) is 5.60 Å². The predicted octanol–water partition coefficient (Wildman–Crippen LogP) is 3.20. The number of carbonyl (C=O) groups excluding carboxylic acids is 1. The van der Waals surface area contributed by atoms with E-state index < -0.39 is 11.7 Å². The largest absolute Gasteiger partial charge is 0.442 e. The molecule has 1 aromatic carbocycles. The molecule has 0 saturated carbocycles. The summed E-state index contributed by atoms with van der Waals surface area (Å²) in [5.41, 5.74) is 0.816. The summed E-state index contributed by atoms with van der Waals surface area (Å²) in [5, 5.41) is 9.25. The smallest absolute Gasteiger partial charge is 0.434 e. The maximum atomic E-state index is 11.6. The molecule has 5 heteroatoms. The van der Waals surface area contributed by atoms with Crippen LogP contribution in [0.2, 0.25) is 0 Å². The molecule has 0 spiro atoms. The quantitative estimate of drug-likeness (QED) is 0.652. The van der Waals surface area contributed by atoms with E-state index >= 15 is 0 Å². The Balaban J connectivity index is 2.72. The molecule has 19 heavy (non-hydrogen) atoms. The molecule has 1 N–H and O–H groups in total. The minimum atomic E-state index is -0.665. The summed E-state index contributed by atoms with van der Waals surface area (Å²) in [6.45, 7) is 5.07. The lowest BCUT2D eigenvalue weighted by Crippen LogP contribution is -2.23. The Kier molecular flexibility index (Phi) is 5.93. The third-order valence-electron chi connectivity index (χ3n) is 2.15. The number of benzene rings is 1. The van der Waals surface area contributed by atoms with Crippen LogP contribution in [0.25, 0.3) is 0 Å². The van der Waals surface area contributed by atoms with Crippen LogP contribution in [0.4, 0.5) is 4.79 Å². The number of amides is 1. The standard InChI is InChI=1S/C14H18INO3/c1-14(2,3)19-13(18)16-12(9-17)8-10-4-6-11(15)7-5-10/h4-7,17H,8-9H2,1-3H3/b16-12-. The summed E-state index contributed by atoms with van der Waals surface area (Å²) in [5.74, 6) is 0. The van der Waals surface area contributed by atoms with E-state index in [0.29, 0.717) is 12.1 Å². The van der Waals surface area contributed by atoms with Gasteiger partial charge in [-0.15, -0.1) is 0 Å². The van der Waals surface area contributed by atoms with Gasteiger partial charge >= 0.3 is 6.09 Å². The highest BCUT2D eigenvalue weighted by Crippen LogP contribution is 2.10. The highest BCUT2D eigenvalue weighted by molar-refractivity contribution is 14.1. The summed E-state index contributed by atoms with van der Waals surface area (Å²) >= 11 is 2.22.